The predicted molar refractivity (Wildman–Crippen MR) is 196 cm³/mol. The summed E-state index contributed by atoms with van der Waals surface area (Å²) in [7, 11) is 1.80. The normalized spacial score (nSPS) is 13.9. The van der Waals surface area contributed by atoms with E-state index in [1.165, 1.54) is 22.2 Å². The minimum Gasteiger partial charge on any atom is -0.489 e. The smallest absolute Gasteiger partial charge is 0.296 e. The number of carbonyl (C=O) groups is 1. The van der Waals surface area contributed by atoms with Crippen molar-refractivity contribution in [3.63, 3.8) is 0 Å². The number of anilines is 1. The van der Waals surface area contributed by atoms with E-state index >= 15 is 0 Å². The Morgan fingerprint density at radius 2 is 1.54 bits per heavy atom. The average Bonchev–Trinajstić information content (AvgIpc) is 3.72. The third-order valence-corrected chi connectivity index (χ3v) is 9.53. The van der Waals surface area contributed by atoms with E-state index in [9.17, 15) is 9.59 Å². The maximum absolute atomic E-state index is 14.0. The molecule has 1 fully saturated rings. The maximum Gasteiger partial charge on any atom is 0.296 e. The molecular formula is C38H31N5O3S2. The summed E-state index contributed by atoms with van der Waals surface area (Å²) < 4.78 is 11.5. The van der Waals surface area contributed by atoms with Crippen molar-refractivity contribution < 1.29 is 9.53 Å². The Morgan fingerprint density at radius 3 is 2.25 bits per heavy atom. The molecule has 0 aliphatic carbocycles. The molecule has 0 N–H and O–H groups in total. The highest BCUT2D eigenvalue weighted by Gasteiger charge is 2.38. The first-order valence-corrected chi connectivity index (χ1v) is 16.6. The largest absolute Gasteiger partial charge is 0.489 e. The van der Waals surface area contributed by atoms with Crippen LogP contribution in [-0.2, 0) is 18.4 Å². The molecule has 1 aliphatic heterocycles. The van der Waals surface area contributed by atoms with Crippen molar-refractivity contribution in [3.8, 4) is 28.4 Å². The van der Waals surface area contributed by atoms with E-state index < -0.39 is 0 Å². The van der Waals surface area contributed by atoms with Gasteiger partial charge < -0.3 is 4.74 Å². The van der Waals surface area contributed by atoms with Gasteiger partial charge in [0.1, 0.15) is 23.7 Å². The van der Waals surface area contributed by atoms with Gasteiger partial charge in [-0.1, -0.05) is 102 Å². The number of benzene rings is 4. The van der Waals surface area contributed by atoms with Crippen molar-refractivity contribution in [2.45, 2.75) is 20.5 Å². The molecule has 0 unspecified atom stereocenters. The molecule has 0 radical (unpaired) electrons. The Morgan fingerprint density at radius 1 is 0.854 bits per heavy atom. The highest BCUT2D eigenvalue weighted by molar-refractivity contribution is 8.27. The van der Waals surface area contributed by atoms with Crippen LogP contribution >= 0.6 is 24.0 Å². The van der Waals surface area contributed by atoms with Gasteiger partial charge in [0.15, 0.2) is 4.32 Å². The number of thioether (sulfide) groups is 1. The summed E-state index contributed by atoms with van der Waals surface area (Å²) in [6.07, 6.45) is 3.70. The van der Waals surface area contributed by atoms with Crippen LogP contribution in [0.15, 0.2) is 125 Å². The number of aromatic nitrogens is 4. The molecule has 0 spiro atoms. The lowest BCUT2D eigenvalue weighted by Crippen LogP contribution is -2.33. The molecule has 238 valence electrons. The third kappa shape index (κ3) is 5.92. The Kier molecular flexibility index (Phi) is 8.43. The molecule has 6 aromatic rings. The number of hydrogen-bond acceptors (Lipinski definition) is 6. The lowest BCUT2D eigenvalue weighted by molar-refractivity contribution is -0.113. The van der Waals surface area contributed by atoms with E-state index in [2.05, 4.69) is 31.2 Å². The predicted octanol–water partition coefficient (Wildman–Crippen LogP) is 7.63. The van der Waals surface area contributed by atoms with Gasteiger partial charge in [-0.15, -0.1) is 0 Å². The van der Waals surface area contributed by atoms with E-state index in [0.717, 1.165) is 22.4 Å². The van der Waals surface area contributed by atoms with Crippen LogP contribution in [0.25, 0.3) is 28.7 Å². The number of thiocarbonyl (C=S) groups is 1. The number of rotatable bonds is 8. The van der Waals surface area contributed by atoms with E-state index in [0.29, 0.717) is 38.7 Å². The van der Waals surface area contributed by atoms with Gasteiger partial charge in [0.2, 0.25) is 0 Å². The summed E-state index contributed by atoms with van der Waals surface area (Å²) in [6.45, 7) is 4.31. The van der Waals surface area contributed by atoms with E-state index in [4.69, 9.17) is 22.1 Å². The van der Waals surface area contributed by atoms with Gasteiger partial charge in [-0.2, -0.15) is 5.10 Å². The van der Waals surface area contributed by atoms with Gasteiger partial charge in [-0.3, -0.25) is 19.2 Å². The molecule has 0 saturated carbocycles. The zero-order valence-corrected chi connectivity index (χ0v) is 28.2. The quantitative estimate of drug-likeness (QED) is 0.123. The first-order chi connectivity index (χ1) is 23.3. The number of aryl methyl sites for hydroxylation is 1. The van der Waals surface area contributed by atoms with Crippen LogP contribution in [0.4, 0.5) is 5.69 Å². The second-order valence-electron chi connectivity index (χ2n) is 11.4. The molecule has 1 amide bonds. The summed E-state index contributed by atoms with van der Waals surface area (Å²) in [4.78, 5) is 29.6. The summed E-state index contributed by atoms with van der Waals surface area (Å²) in [5, 5.41) is 4.95. The first kappa shape index (κ1) is 31.2. The standard InChI is InChI=1S/C38H31N5O3S2/c1-25-17-19-27(20-18-25)24-46-32-16-10-11-28(21-32)34-29(23-41(39-34)30-12-6-4-7-13-30)22-33-36(44)42(38(47)48-33)35-26(2)40(3)43(37(35)45)31-14-8-5-9-15-31/h4-23H,24H2,1-3H3/b33-22-. The second-order valence-corrected chi connectivity index (χ2v) is 13.1. The minimum absolute atomic E-state index is 0.242. The molecule has 7 rings (SSSR count). The first-order valence-electron chi connectivity index (χ1n) is 15.3. The van der Waals surface area contributed by atoms with Crippen LogP contribution in [0.2, 0.25) is 0 Å². The fourth-order valence-corrected chi connectivity index (χ4v) is 6.89. The monoisotopic (exact) mass is 669 g/mol. The van der Waals surface area contributed by atoms with Crippen molar-refractivity contribution in [1.29, 1.82) is 0 Å². The van der Waals surface area contributed by atoms with Gasteiger partial charge in [0.25, 0.3) is 11.5 Å². The molecule has 0 bridgehead atoms. The maximum atomic E-state index is 14.0. The highest BCUT2D eigenvalue weighted by Crippen LogP contribution is 2.38. The number of para-hydroxylation sites is 2. The van der Waals surface area contributed by atoms with Gasteiger partial charge in [-0.25, -0.2) is 9.36 Å². The van der Waals surface area contributed by atoms with Crippen molar-refractivity contribution in [1.82, 2.24) is 19.1 Å². The van der Waals surface area contributed by atoms with Gasteiger partial charge in [0, 0.05) is 24.4 Å². The Bertz CT molecular complexity index is 2250. The summed E-state index contributed by atoms with van der Waals surface area (Å²) >= 11 is 6.88. The fourth-order valence-electron chi connectivity index (χ4n) is 5.63. The third-order valence-electron chi connectivity index (χ3n) is 8.22. The highest BCUT2D eigenvalue weighted by atomic mass is 32.2. The zero-order valence-electron chi connectivity index (χ0n) is 26.5. The molecule has 3 heterocycles. The van der Waals surface area contributed by atoms with Crippen molar-refractivity contribution >= 4 is 46.0 Å². The molecule has 1 saturated heterocycles. The van der Waals surface area contributed by atoms with Crippen molar-refractivity contribution in [2.24, 2.45) is 7.05 Å². The molecule has 48 heavy (non-hydrogen) atoms. The van der Waals surface area contributed by atoms with Gasteiger partial charge >= 0.3 is 0 Å². The van der Waals surface area contributed by atoms with Crippen LogP contribution in [0.5, 0.6) is 5.75 Å². The second kappa shape index (κ2) is 13.0. The molecular weight excluding hydrogens is 639 g/mol. The SMILES string of the molecule is Cc1ccc(COc2cccc(-c3nn(-c4ccccc4)cc3/C=C3\SC(=S)N(c4c(C)n(C)n(-c5ccccc5)c4=O)C3=O)c2)cc1. The van der Waals surface area contributed by atoms with Crippen LogP contribution in [0.1, 0.15) is 22.4 Å². The lowest BCUT2D eigenvalue weighted by Gasteiger charge is -2.12. The molecule has 4 aromatic carbocycles. The number of nitrogens with zero attached hydrogens (tertiary/aromatic N) is 5. The van der Waals surface area contributed by atoms with Gasteiger partial charge in [0.05, 0.1) is 22.0 Å². The van der Waals surface area contributed by atoms with Crippen LogP contribution in [-0.4, -0.2) is 29.4 Å². The van der Waals surface area contributed by atoms with Crippen LogP contribution < -0.4 is 15.2 Å². The number of ether oxygens (including phenoxy) is 1. The number of carbonyl (C=O) groups excluding carboxylic acids is 1. The summed E-state index contributed by atoms with van der Waals surface area (Å²) in [5.41, 5.74) is 6.62. The average molecular weight is 670 g/mol. The van der Waals surface area contributed by atoms with Crippen molar-refractivity contribution in [2.75, 3.05) is 4.90 Å². The molecule has 10 heteroatoms. The van der Waals surface area contributed by atoms with E-state index in [-0.39, 0.29) is 17.2 Å². The molecule has 2 aromatic heterocycles. The van der Waals surface area contributed by atoms with Crippen LogP contribution in [0.3, 0.4) is 0 Å². The van der Waals surface area contributed by atoms with Gasteiger partial charge in [-0.05, 0) is 61.9 Å². The summed E-state index contributed by atoms with van der Waals surface area (Å²) in [5.74, 6) is 0.346. The van der Waals surface area contributed by atoms with E-state index in [1.807, 2.05) is 98.0 Å². The van der Waals surface area contributed by atoms with E-state index in [1.54, 1.807) is 27.2 Å². The molecule has 8 nitrogen and oxygen atoms in total. The Hall–Kier alpha value is -5.45. The number of amides is 1. The lowest BCUT2D eigenvalue weighted by atomic mass is 10.1. The zero-order chi connectivity index (χ0) is 33.4. The Labute approximate surface area is 287 Å². The Balaban J connectivity index is 1.25. The molecule has 0 atom stereocenters. The molecule has 1 aliphatic rings. The summed E-state index contributed by atoms with van der Waals surface area (Å²) in [6, 6.07) is 35.1. The topological polar surface area (TPSA) is 74.3 Å². The minimum atomic E-state index is -0.357. The van der Waals surface area contributed by atoms with Crippen molar-refractivity contribution in [3.05, 3.63) is 153 Å². The van der Waals surface area contributed by atoms with Crippen LogP contribution in [0, 0.1) is 13.8 Å². The fraction of sp³-hybridized carbons (Fsp3) is 0.105. The number of hydrogen-bond donors (Lipinski definition) is 0.